The molecule has 0 amide bonds. The Bertz CT molecular complexity index is 182. The first-order chi connectivity index (χ1) is 6.82. The summed E-state index contributed by atoms with van der Waals surface area (Å²) in [6.07, 6.45) is 5.44. The topological polar surface area (TPSA) is 0 Å². The number of rotatable bonds is 2. The third-order valence-electron chi connectivity index (χ3n) is 4.08. The number of alkyl halides is 1. The maximum atomic E-state index is 6.46. The minimum atomic E-state index is 0.394. The van der Waals surface area contributed by atoms with Crippen LogP contribution in [0, 0.1) is 23.2 Å². The van der Waals surface area contributed by atoms with Crippen molar-refractivity contribution in [3.63, 3.8) is 0 Å². The van der Waals surface area contributed by atoms with E-state index in [-0.39, 0.29) is 0 Å². The van der Waals surface area contributed by atoms with E-state index in [1.807, 2.05) is 0 Å². The molecule has 0 bridgehead atoms. The fourth-order valence-corrected chi connectivity index (χ4v) is 3.10. The van der Waals surface area contributed by atoms with Crippen molar-refractivity contribution in [3.8, 4) is 0 Å². The Morgan fingerprint density at radius 1 is 1.00 bits per heavy atom. The molecular weight excluding hydrogens is 204 g/mol. The smallest absolute Gasteiger partial charge is 0.0387 e. The largest absolute Gasteiger partial charge is 0.122 e. The molecule has 15 heavy (non-hydrogen) atoms. The quantitative estimate of drug-likeness (QED) is 0.579. The molecule has 1 aliphatic rings. The molecule has 1 aliphatic carbocycles. The van der Waals surface area contributed by atoms with E-state index >= 15 is 0 Å². The first-order valence-corrected chi connectivity index (χ1v) is 6.90. The van der Waals surface area contributed by atoms with Gasteiger partial charge in [0.1, 0.15) is 0 Å². The predicted octanol–water partition coefficient (Wildman–Crippen LogP) is 5.10. The molecule has 1 atom stereocenters. The lowest BCUT2D eigenvalue weighted by Gasteiger charge is -2.39. The van der Waals surface area contributed by atoms with E-state index in [0.717, 1.165) is 11.8 Å². The highest BCUT2D eigenvalue weighted by molar-refractivity contribution is 6.20. The summed E-state index contributed by atoms with van der Waals surface area (Å²) in [5.74, 6) is 2.30. The van der Waals surface area contributed by atoms with Gasteiger partial charge < -0.3 is 0 Å². The normalized spacial score (nSPS) is 30.6. The molecule has 0 spiro atoms. The fourth-order valence-electron chi connectivity index (χ4n) is 2.85. The average Bonchev–Trinajstić information content (AvgIpc) is 2.15. The summed E-state index contributed by atoms with van der Waals surface area (Å²) in [5, 5.41) is 0.394. The lowest BCUT2D eigenvalue weighted by molar-refractivity contribution is 0.143. The summed E-state index contributed by atoms with van der Waals surface area (Å²) in [6, 6.07) is 0. The monoisotopic (exact) mass is 230 g/mol. The van der Waals surface area contributed by atoms with Gasteiger partial charge in [0.2, 0.25) is 0 Å². The number of halogens is 1. The van der Waals surface area contributed by atoms with E-state index in [1.54, 1.807) is 0 Å². The Balaban J connectivity index is 2.42. The number of hydrogen-bond acceptors (Lipinski definition) is 0. The molecule has 90 valence electrons. The van der Waals surface area contributed by atoms with Gasteiger partial charge in [0.05, 0.1) is 0 Å². The van der Waals surface area contributed by atoms with Crippen LogP contribution in [0.4, 0.5) is 0 Å². The van der Waals surface area contributed by atoms with E-state index in [4.69, 9.17) is 11.6 Å². The third kappa shape index (κ3) is 3.66. The molecule has 0 aromatic heterocycles. The molecule has 0 aliphatic heterocycles. The molecular formula is C14H27Cl. The molecule has 1 fully saturated rings. The van der Waals surface area contributed by atoms with Crippen LogP contribution in [0.1, 0.15) is 60.3 Å². The minimum absolute atomic E-state index is 0.394. The molecule has 0 aromatic carbocycles. The van der Waals surface area contributed by atoms with Crippen LogP contribution >= 0.6 is 11.6 Å². The summed E-state index contributed by atoms with van der Waals surface area (Å²) in [4.78, 5) is 0. The minimum Gasteiger partial charge on any atom is -0.122 e. The van der Waals surface area contributed by atoms with Gasteiger partial charge in [-0.3, -0.25) is 0 Å². The van der Waals surface area contributed by atoms with E-state index in [2.05, 4.69) is 34.6 Å². The van der Waals surface area contributed by atoms with Crippen LogP contribution in [0.3, 0.4) is 0 Å². The molecule has 1 unspecified atom stereocenters. The number of hydrogen-bond donors (Lipinski definition) is 0. The molecule has 1 rings (SSSR count). The Labute approximate surface area is 101 Å². The highest BCUT2D eigenvalue weighted by atomic mass is 35.5. The van der Waals surface area contributed by atoms with Gasteiger partial charge >= 0.3 is 0 Å². The van der Waals surface area contributed by atoms with E-state index in [0.29, 0.717) is 16.7 Å². The van der Waals surface area contributed by atoms with Crippen LogP contribution in [-0.4, -0.2) is 5.38 Å². The predicted molar refractivity (Wildman–Crippen MR) is 69.4 cm³/mol. The molecule has 0 heterocycles. The summed E-state index contributed by atoms with van der Waals surface area (Å²) in [6.45, 7) is 11.6. The van der Waals surface area contributed by atoms with Gasteiger partial charge in [-0.15, -0.1) is 11.6 Å². The van der Waals surface area contributed by atoms with Gasteiger partial charge in [0, 0.05) is 5.38 Å². The average molecular weight is 231 g/mol. The standard InChI is InChI=1S/C14H27Cl/c1-10(2)13(15)11-6-8-12(9-7-11)14(3,4)5/h10-13H,6-9H2,1-5H3. The first kappa shape index (κ1) is 13.4. The molecule has 0 nitrogen and oxygen atoms in total. The second-order valence-electron chi connectivity index (χ2n) is 6.67. The summed E-state index contributed by atoms with van der Waals surface area (Å²) < 4.78 is 0. The van der Waals surface area contributed by atoms with Gasteiger partial charge in [-0.25, -0.2) is 0 Å². The van der Waals surface area contributed by atoms with Crippen molar-refractivity contribution < 1.29 is 0 Å². The lowest BCUT2D eigenvalue weighted by atomic mass is 9.68. The van der Waals surface area contributed by atoms with Crippen molar-refractivity contribution >= 4 is 11.6 Å². The lowest BCUT2D eigenvalue weighted by Crippen LogP contribution is -2.30. The Kier molecular flexibility index (Phi) is 4.52. The van der Waals surface area contributed by atoms with E-state index in [9.17, 15) is 0 Å². The molecule has 1 heteroatoms. The van der Waals surface area contributed by atoms with Crippen molar-refractivity contribution in [3.05, 3.63) is 0 Å². The summed E-state index contributed by atoms with van der Waals surface area (Å²) >= 11 is 6.46. The van der Waals surface area contributed by atoms with E-state index < -0.39 is 0 Å². The van der Waals surface area contributed by atoms with Crippen LogP contribution in [-0.2, 0) is 0 Å². The molecule has 0 saturated heterocycles. The van der Waals surface area contributed by atoms with Gasteiger partial charge in [0.15, 0.2) is 0 Å². The molecule has 1 saturated carbocycles. The summed E-state index contributed by atoms with van der Waals surface area (Å²) in [5.41, 5.74) is 0.491. The van der Waals surface area contributed by atoms with Gasteiger partial charge in [-0.1, -0.05) is 34.6 Å². The Hall–Kier alpha value is 0.290. The van der Waals surface area contributed by atoms with Crippen molar-refractivity contribution in [1.29, 1.82) is 0 Å². The highest BCUT2D eigenvalue weighted by Gasteiger charge is 2.32. The van der Waals surface area contributed by atoms with Crippen LogP contribution in [0.15, 0.2) is 0 Å². The zero-order valence-corrected chi connectivity index (χ0v) is 11.8. The van der Waals surface area contributed by atoms with Gasteiger partial charge in [0.25, 0.3) is 0 Å². The Morgan fingerprint density at radius 2 is 1.47 bits per heavy atom. The van der Waals surface area contributed by atoms with Crippen LogP contribution < -0.4 is 0 Å². The highest BCUT2D eigenvalue weighted by Crippen LogP contribution is 2.42. The third-order valence-corrected chi connectivity index (χ3v) is 4.94. The maximum absolute atomic E-state index is 6.46. The van der Waals surface area contributed by atoms with Crippen LogP contribution in [0.25, 0.3) is 0 Å². The second kappa shape index (κ2) is 5.08. The Morgan fingerprint density at radius 3 is 1.80 bits per heavy atom. The van der Waals surface area contributed by atoms with Crippen LogP contribution in [0.2, 0.25) is 0 Å². The van der Waals surface area contributed by atoms with Crippen molar-refractivity contribution in [2.24, 2.45) is 23.2 Å². The summed E-state index contributed by atoms with van der Waals surface area (Å²) in [7, 11) is 0. The van der Waals surface area contributed by atoms with Crippen molar-refractivity contribution in [2.75, 3.05) is 0 Å². The zero-order chi connectivity index (χ0) is 11.6. The fraction of sp³-hybridized carbons (Fsp3) is 1.00. The second-order valence-corrected chi connectivity index (χ2v) is 7.17. The molecule has 0 N–H and O–H groups in total. The van der Waals surface area contributed by atoms with Crippen molar-refractivity contribution in [1.82, 2.24) is 0 Å². The SMILES string of the molecule is CC(C)C(Cl)C1CCC(C(C)(C)C)CC1. The molecule has 0 aromatic rings. The first-order valence-electron chi connectivity index (χ1n) is 6.46. The van der Waals surface area contributed by atoms with Gasteiger partial charge in [-0.05, 0) is 48.9 Å². The van der Waals surface area contributed by atoms with Crippen LogP contribution in [0.5, 0.6) is 0 Å². The zero-order valence-electron chi connectivity index (χ0n) is 11.0. The maximum Gasteiger partial charge on any atom is 0.0387 e. The van der Waals surface area contributed by atoms with Gasteiger partial charge in [-0.2, -0.15) is 0 Å². The van der Waals surface area contributed by atoms with Crippen molar-refractivity contribution in [2.45, 2.75) is 65.7 Å². The molecule has 0 radical (unpaired) electrons. The van der Waals surface area contributed by atoms with E-state index in [1.165, 1.54) is 25.7 Å².